The van der Waals surface area contributed by atoms with E-state index in [9.17, 15) is 22.8 Å². The number of hydrogen-bond acceptors (Lipinski definition) is 9. The van der Waals surface area contributed by atoms with Crippen LogP contribution in [0.2, 0.25) is 0 Å². The molecule has 0 aromatic heterocycles. The summed E-state index contributed by atoms with van der Waals surface area (Å²) >= 11 is 0. The van der Waals surface area contributed by atoms with Gasteiger partial charge >= 0.3 is 6.09 Å². The van der Waals surface area contributed by atoms with Crippen LogP contribution in [-0.4, -0.2) is 64.3 Å². The first-order valence-corrected chi connectivity index (χ1v) is 16.0. The highest BCUT2D eigenvalue weighted by molar-refractivity contribution is 7.92. The van der Waals surface area contributed by atoms with E-state index in [-0.39, 0.29) is 28.4 Å². The number of primary amides is 1. The standard InChI is InChI=1S/C32H37FN4O8S/c1-18(2)46(41,42)28-13-10-21(35-32(40)45-5)17-22(28)25-7-6-14-37(25)31(39)29(19-9-12-26(43-3)27(16-19)44-4)36-24-15-20(30(34)38)8-11-23(24)33/h8-13,15-18,25,29,36H,6-7,14H2,1-5H3,(H2,34,38)(H,35,40)/t25?,29-/m1/s1. The molecule has 2 atom stereocenters. The number of carbonyl (C=O) groups excluding carboxylic acids is 3. The van der Waals surface area contributed by atoms with Crippen molar-refractivity contribution in [2.75, 3.05) is 38.5 Å². The monoisotopic (exact) mass is 656 g/mol. The molecular formula is C32H37FN4O8S. The second kappa shape index (κ2) is 14.1. The number of carbonyl (C=O) groups is 3. The molecule has 1 saturated heterocycles. The van der Waals surface area contributed by atoms with Crippen molar-refractivity contribution in [2.24, 2.45) is 5.73 Å². The molecule has 1 aliphatic rings. The lowest BCUT2D eigenvalue weighted by atomic mass is 10.00. The maximum Gasteiger partial charge on any atom is 0.411 e. The van der Waals surface area contributed by atoms with Gasteiger partial charge < -0.3 is 30.2 Å². The van der Waals surface area contributed by atoms with Gasteiger partial charge in [-0.1, -0.05) is 6.07 Å². The lowest BCUT2D eigenvalue weighted by Gasteiger charge is -2.32. The van der Waals surface area contributed by atoms with Crippen LogP contribution < -0.4 is 25.8 Å². The lowest BCUT2D eigenvalue weighted by Crippen LogP contribution is -2.38. The minimum atomic E-state index is -3.82. The van der Waals surface area contributed by atoms with Gasteiger partial charge in [-0.15, -0.1) is 0 Å². The fraction of sp³-hybridized carbons (Fsp3) is 0.344. The van der Waals surface area contributed by atoms with Gasteiger partial charge in [-0.2, -0.15) is 0 Å². The van der Waals surface area contributed by atoms with Crippen LogP contribution in [0, 0.1) is 5.82 Å². The Morgan fingerprint density at radius 3 is 2.33 bits per heavy atom. The number of hydrogen-bond donors (Lipinski definition) is 3. The molecule has 246 valence electrons. The van der Waals surface area contributed by atoms with E-state index in [4.69, 9.17) is 19.9 Å². The largest absolute Gasteiger partial charge is 0.493 e. The van der Waals surface area contributed by atoms with E-state index in [0.717, 1.165) is 6.07 Å². The third-order valence-corrected chi connectivity index (χ3v) is 10.0. The number of amides is 3. The van der Waals surface area contributed by atoms with Gasteiger partial charge in [-0.3, -0.25) is 14.9 Å². The number of likely N-dealkylation sites (tertiary alicyclic amines) is 1. The van der Waals surface area contributed by atoms with E-state index in [0.29, 0.717) is 35.5 Å². The third kappa shape index (κ3) is 7.01. The zero-order valence-electron chi connectivity index (χ0n) is 26.1. The van der Waals surface area contributed by atoms with Crippen LogP contribution in [0.5, 0.6) is 11.5 Å². The van der Waals surface area contributed by atoms with Crippen molar-refractivity contribution in [3.05, 3.63) is 77.1 Å². The third-order valence-electron chi connectivity index (χ3n) is 7.80. The van der Waals surface area contributed by atoms with Crippen molar-refractivity contribution in [2.45, 2.75) is 48.9 Å². The van der Waals surface area contributed by atoms with Gasteiger partial charge in [-0.25, -0.2) is 17.6 Å². The molecule has 0 spiro atoms. The molecule has 3 aromatic rings. The van der Waals surface area contributed by atoms with Crippen molar-refractivity contribution in [1.29, 1.82) is 0 Å². The Balaban J connectivity index is 1.85. The number of anilines is 2. The van der Waals surface area contributed by atoms with Crippen molar-refractivity contribution < 1.29 is 41.4 Å². The van der Waals surface area contributed by atoms with Crippen LogP contribution >= 0.6 is 0 Å². The number of nitrogens with one attached hydrogen (secondary N) is 2. The summed E-state index contributed by atoms with van der Waals surface area (Å²) in [4.78, 5) is 40.0. The van der Waals surface area contributed by atoms with Crippen LogP contribution in [0.25, 0.3) is 0 Å². The zero-order chi connectivity index (χ0) is 33.8. The van der Waals surface area contributed by atoms with Crippen molar-refractivity contribution >= 4 is 39.1 Å². The number of halogens is 1. The smallest absolute Gasteiger partial charge is 0.411 e. The molecule has 1 unspecified atom stereocenters. The second-order valence-corrected chi connectivity index (χ2v) is 13.4. The molecule has 4 N–H and O–H groups in total. The quantitative estimate of drug-likeness (QED) is 0.262. The van der Waals surface area contributed by atoms with Crippen molar-refractivity contribution in [1.82, 2.24) is 4.90 Å². The van der Waals surface area contributed by atoms with E-state index in [1.54, 1.807) is 32.0 Å². The molecule has 0 aliphatic carbocycles. The average molecular weight is 657 g/mol. The predicted molar refractivity (Wildman–Crippen MR) is 169 cm³/mol. The Hall–Kier alpha value is -4.85. The van der Waals surface area contributed by atoms with Gasteiger partial charge in [-0.05, 0) is 86.3 Å². The summed E-state index contributed by atoms with van der Waals surface area (Å²) in [5.41, 5.74) is 6.30. The van der Waals surface area contributed by atoms with E-state index in [1.165, 1.54) is 56.6 Å². The van der Waals surface area contributed by atoms with Crippen LogP contribution in [-0.2, 0) is 19.4 Å². The van der Waals surface area contributed by atoms with Gasteiger partial charge in [0.05, 0.1) is 43.2 Å². The average Bonchev–Trinajstić information content (AvgIpc) is 3.53. The SMILES string of the molecule is COC(=O)Nc1ccc(S(=O)(=O)C(C)C)c(C2CCCN2C(=O)[C@H](Nc2cc(C(N)=O)ccc2F)c2ccc(OC)c(OC)c2)c1. The van der Waals surface area contributed by atoms with E-state index < -0.39 is 50.9 Å². The number of methoxy groups -OCH3 is 3. The normalized spacial score (nSPS) is 15.3. The second-order valence-electron chi connectivity index (χ2n) is 10.9. The Morgan fingerprint density at radius 2 is 1.70 bits per heavy atom. The fourth-order valence-corrected chi connectivity index (χ4v) is 6.64. The molecule has 3 amide bonds. The first-order chi connectivity index (χ1) is 21.8. The topological polar surface area (TPSA) is 166 Å². The molecule has 0 radical (unpaired) electrons. The highest BCUT2D eigenvalue weighted by Gasteiger charge is 2.38. The predicted octanol–water partition coefficient (Wildman–Crippen LogP) is 4.82. The van der Waals surface area contributed by atoms with E-state index >= 15 is 4.39 Å². The van der Waals surface area contributed by atoms with Crippen LogP contribution in [0.3, 0.4) is 0 Å². The molecule has 0 saturated carbocycles. The number of sulfone groups is 1. The van der Waals surface area contributed by atoms with Gasteiger partial charge in [0, 0.05) is 17.8 Å². The number of benzene rings is 3. The fourth-order valence-electron chi connectivity index (χ4n) is 5.35. The van der Waals surface area contributed by atoms with Gasteiger partial charge in [0.15, 0.2) is 21.3 Å². The molecule has 12 nitrogen and oxygen atoms in total. The molecule has 14 heteroatoms. The summed E-state index contributed by atoms with van der Waals surface area (Å²) in [5, 5.41) is 4.73. The summed E-state index contributed by atoms with van der Waals surface area (Å²) in [7, 11) is 0.278. The Morgan fingerprint density at radius 1 is 0.978 bits per heavy atom. The zero-order valence-corrected chi connectivity index (χ0v) is 26.9. The first kappa shape index (κ1) is 34.0. The Kier molecular flexibility index (Phi) is 10.4. The number of ether oxygens (including phenoxy) is 3. The summed E-state index contributed by atoms with van der Waals surface area (Å²) in [5.74, 6) is -1.30. The molecule has 3 aromatic carbocycles. The van der Waals surface area contributed by atoms with Crippen molar-refractivity contribution in [3.63, 3.8) is 0 Å². The van der Waals surface area contributed by atoms with Crippen LogP contribution in [0.4, 0.5) is 20.6 Å². The lowest BCUT2D eigenvalue weighted by molar-refractivity contribution is -0.133. The Labute approximate surface area is 266 Å². The summed E-state index contributed by atoms with van der Waals surface area (Å²) in [6.07, 6.45) is 0.205. The Bertz CT molecular complexity index is 1750. The maximum atomic E-state index is 15.1. The minimum absolute atomic E-state index is 0.0263. The summed E-state index contributed by atoms with van der Waals surface area (Å²) < 4.78 is 57.6. The van der Waals surface area contributed by atoms with Gasteiger partial charge in [0.25, 0.3) is 0 Å². The number of nitrogens with two attached hydrogens (primary N) is 1. The summed E-state index contributed by atoms with van der Waals surface area (Å²) in [6.45, 7) is 3.38. The van der Waals surface area contributed by atoms with Crippen LogP contribution in [0.1, 0.15) is 60.3 Å². The molecule has 46 heavy (non-hydrogen) atoms. The molecule has 1 heterocycles. The van der Waals surface area contributed by atoms with E-state index in [1.807, 2.05) is 0 Å². The van der Waals surface area contributed by atoms with Crippen molar-refractivity contribution in [3.8, 4) is 11.5 Å². The number of rotatable bonds is 11. The first-order valence-electron chi connectivity index (χ1n) is 14.4. The molecule has 1 aliphatic heterocycles. The maximum absolute atomic E-state index is 15.1. The minimum Gasteiger partial charge on any atom is -0.493 e. The molecular weight excluding hydrogens is 619 g/mol. The summed E-state index contributed by atoms with van der Waals surface area (Å²) in [6, 6.07) is 10.8. The molecule has 1 fully saturated rings. The van der Waals surface area contributed by atoms with E-state index in [2.05, 4.69) is 10.6 Å². The molecule has 4 rings (SSSR count). The van der Waals surface area contributed by atoms with Gasteiger partial charge in [0.1, 0.15) is 11.9 Å². The molecule has 0 bridgehead atoms. The highest BCUT2D eigenvalue weighted by Crippen LogP contribution is 2.41. The van der Waals surface area contributed by atoms with Gasteiger partial charge in [0.2, 0.25) is 11.8 Å². The number of nitrogens with zero attached hydrogens (tertiary/aromatic N) is 1. The highest BCUT2D eigenvalue weighted by atomic mass is 32.2. The van der Waals surface area contributed by atoms with Crippen LogP contribution in [0.15, 0.2) is 59.5 Å².